The Morgan fingerprint density at radius 2 is 1.83 bits per heavy atom. The number of aryl methyl sites for hydroxylation is 2. The Morgan fingerprint density at radius 3 is 2.47 bits per heavy atom. The Balaban J connectivity index is 1.96. The van der Waals surface area contributed by atoms with Crippen molar-refractivity contribution in [1.82, 2.24) is 0 Å². The summed E-state index contributed by atoms with van der Waals surface area (Å²) in [5, 5.41) is 10.2. The highest BCUT2D eigenvalue weighted by molar-refractivity contribution is 6.09. The molecule has 1 N–H and O–H groups in total. The number of ether oxygens (including phenoxy) is 1. The van der Waals surface area contributed by atoms with Gasteiger partial charge in [0.25, 0.3) is 0 Å². The van der Waals surface area contributed by atoms with Gasteiger partial charge in [-0.25, -0.2) is 4.79 Å². The number of aliphatic imine (C=N–C) groups is 1. The zero-order chi connectivity index (χ0) is 26.1. The van der Waals surface area contributed by atoms with Gasteiger partial charge in [-0.15, -0.1) is 0 Å². The van der Waals surface area contributed by atoms with E-state index in [2.05, 4.69) is 37.0 Å². The number of carbonyl (C=O) groups excluding carboxylic acids is 1. The molecule has 2 aromatic carbocycles. The number of rotatable bonds is 7. The fourth-order valence-corrected chi connectivity index (χ4v) is 5.28. The van der Waals surface area contributed by atoms with Crippen molar-refractivity contribution < 1.29 is 19.4 Å². The lowest BCUT2D eigenvalue weighted by atomic mass is 9.72. The molecular formula is C31H35NO4. The van der Waals surface area contributed by atoms with Gasteiger partial charge in [-0.05, 0) is 61.6 Å². The minimum Gasteiger partial charge on any atom is -0.478 e. The standard InChI is InChI=1S/C31H35NO4/c1-7-9-20-15-27-24(12-18(20)5)29(25-13-19(6)26(32-8-2)16-28(25)36-27)22-11-10-21(30(33)17(3)4)14-23(22)31(34)35/h10-17,25,29H,7-9H2,1-6H3,(H,34,35)/b32-26-. The first-order valence-corrected chi connectivity index (χ1v) is 12.8. The van der Waals surface area contributed by atoms with E-state index in [1.165, 1.54) is 11.1 Å². The van der Waals surface area contributed by atoms with Crippen LogP contribution in [0, 0.1) is 18.8 Å². The smallest absolute Gasteiger partial charge is 0.336 e. The Labute approximate surface area is 213 Å². The average molecular weight is 486 g/mol. The van der Waals surface area contributed by atoms with E-state index >= 15 is 0 Å². The zero-order valence-electron chi connectivity index (χ0n) is 22.0. The van der Waals surface area contributed by atoms with Crippen molar-refractivity contribution in [2.75, 3.05) is 6.54 Å². The second kappa shape index (κ2) is 10.3. The Kier molecular flexibility index (Phi) is 7.30. The summed E-state index contributed by atoms with van der Waals surface area (Å²) < 4.78 is 6.48. The third-order valence-corrected chi connectivity index (χ3v) is 7.11. The molecule has 0 spiro atoms. The minimum absolute atomic E-state index is 0.0640. The van der Waals surface area contributed by atoms with Gasteiger partial charge in [0, 0.05) is 41.5 Å². The molecule has 1 aliphatic heterocycles. The normalized spacial score (nSPS) is 19.8. The van der Waals surface area contributed by atoms with Gasteiger partial charge in [0.05, 0.1) is 11.3 Å². The van der Waals surface area contributed by atoms with Crippen LogP contribution in [-0.4, -0.2) is 29.1 Å². The highest BCUT2D eigenvalue weighted by Crippen LogP contribution is 2.49. The van der Waals surface area contributed by atoms with Gasteiger partial charge in [0.1, 0.15) is 11.5 Å². The maximum atomic E-state index is 12.7. The molecule has 1 heterocycles. The number of carboxylic acids is 1. The van der Waals surface area contributed by atoms with Crippen molar-refractivity contribution in [3.05, 3.63) is 87.2 Å². The van der Waals surface area contributed by atoms with Crippen molar-refractivity contribution in [3.8, 4) is 5.75 Å². The zero-order valence-corrected chi connectivity index (χ0v) is 22.0. The predicted octanol–water partition coefficient (Wildman–Crippen LogP) is 6.93. The topological polar surface area (TPSA) is 76.0 Å². The largest absolute Gasteiger partial charge is 0.478 e. The van der Waals surface area contributed by atoms with Crippen molar-refractivity contribution in [3.63, 3.8) is 0 Å². The third kappa shape index (κ3) is 4.67. The fourth-order valence-electron chi connectivity index (χ4n) is 5.28. The monoisotopic (exact) mass is 485 g/mol. The molecule has 0 saturated heterocycles. The Bertz CT molecular complexity index is 1310. The van der Waals surface area contributed by atoms with E-state index in [-0.39, 0.29) is 29.1 Å². The number of nitrogens with zero attached hydrogens (tertiary/aromatic N) is 1. The van der Waals surface area contributed by atoms with Crippen molar-refractivity contribution in [2.24, 2.45) is 16.8 Å². The number of carbonyl (C=O) groups is 2. The molecule has 4 rings (SSSR count). The summed E-state index contributed by atoms with van der Waals surface area (Å²) in [7, 11) is 0. The van der Waals surface area contributed by atoms with Crippen LogP contribution in [0.2, 0.25) is 0 Å². The van der Waals surface area contributed by atoms with Crippen LogP contribution in [0.1, 0.15) is 89.9 Å². The number of carboxylic acid groups (broad SMARTS) is 1. The van der Waals surface area contributed by atoms with Crippen LogP contribution >= 0.6 is 0 Å². The second-order valence-corrected chi connectivity index (χ2v) is 10.1. The molecule has 0 bridgehead atoms. The van der Waals surface area contributed by atoms with Crippen molar-refractivity contribution in [1.29, 1.82) is 0 Å². The number of allylic oxidation sites excluding steroid dienone is 3. The number of hydrogen-bond donors (Lipinski definition) is 1. The first-order chi connectivity index (χ1) is 17.2. The van der Waals surface area contributed by atoms with E-state index in [0.717, 1.165) is 41.2 Å². The molecule has 0 aromatic heterocycles. The van der Waals surface area contributed by atoms with Crippen molar-refractivity contribution >= 4 is 17.5 Å². The summed E-state index contributed by atoms with van der Waals surface area (Å²) in [6.45, 7) is 12.6. The molecule has 188 valence electrons. The van der Waals surface area contributed by atoms with Gasteiger partial charge in [-0.1, -0.05) is 51.5 Å². The van der Waals surface area contributed by atoms with E-state index in [1.807, 2.05) is 39.8 Å². The molecule has 0 saturated carbocycles. The molecule has 5 heteroatoms. The first-order valence-electron chi connectivity index (χ1n) is 12.8. The lowest BCUT2D eigenvalue weighted by Crippen LogP contribution is -2.29. The van der Waals surface area contributed by atoms with Gasteiger partial charge < -0.3 is 9.84 Å². The number of benzene rings is 2. The maximum absolute atomic E-state index is 12.7. The minimum atomic E-state index is -1.04. The van der Waals surface area contributed by atoms with Gasteiger partial charge in [0.2, 0.25) is 0 Å². The maximum Gasteiger partial charge on any atom is 0.336 e. The number of ketones is 1. The number of Topliss-reactive ketones (excluding diaryl/α,β-unsaturated/α-hetero) is 1. The highest BCUT2D eigenvalue weighted by atomic mass is 16.5. The summed E-state index contributed by atoms with van der Waals surface area (Å²) in [5.74, 6) is -0.210. The molecule has 36 heavy (non-hydrogen) atoms. The fraction of sp³-hybridized carbons (Fsp3) is 0.387. The predicted molar refractivity (Wildman–Crippen MR) is 144 cm³/mol. The van der Waals surface area contributed by atoms with Gasteiger partial charge in [0.15, 0.2) is 5.78 Å². The molecule has 2 unspecified atom stereocenters. The van der Waals surface area contributed by atoms with Gasteiger partial charge in [-0.3, -0.25) is 9.79 Å². The summed E-state index contributed by atoms with van der Waals surface area (Å²) in [6.07, 6.45) is 6.11. The number of aromatic carboxylic acids is 1. The molecule has 2 atom stereocenters. The molecule has 1 aliphatic carbocycles. The summed E-state index contributed by atoms with van der Waals surface area (Å²) in [4.78, 5) is 29.8. The van der Waals surface area contributed by atoms with E-state index in [0.29, 0.717) is 17.7 Å². The van der Waals surface area contributed by atoms with Gasteiger partial charge >= 0.3 is 5.97 Å². The first kappa shape index (κ1) is 25.6. The molecule has 2 aromatic rings. The summed E-state index contributed by atoms with van der Waals surface area (Å²) in [6, 6.07) is 9.39. The molecule has 0 radical (unpaired) electrons. The molecular weight excluding hydrogens is 450 g/mol. The van der Waals surface area contributed by atoms with Crippen LogP contribution in [0.25, 0.3) is 0 Å². The van der Waals surface area contributed by atoms with Crippen LogP contribution in [0.4, 0.5) is 0 Å². The average Bonchev–Trinajstić information content (AvgIpc) is 2.83. The molecule has 5 nitrogen and oxygen atoms in total. The number of fused-ring (bicyclic) bond motifs is 2. The molecule has 0 amide bonds. The lowest BCUT2D eigenvalue weighted by molar-refractivity contribution is 0.0695. The van der Waals surface area contributed by atoms with E-state index in [9.17, 15) is 14.7 Å². The van der Waals surface area contributed by atoms with Crippen molar-refractivity contribution in [2.45, 2.75) is 60.3 Å². The summed E-state index contributed by atoms with van der Waals surface area (Å²) in [5.41, 5.74) is 6.59. The highest BCUT2D eigenvalue weighted by Gasteiger charge is 2.39. The van der Waals surface area contributed by atoms with Crippen LogP contribution < -0.4 is 4.74 Å². The Hall–Kier alpha value is -3.47. The van der Waals surface area contributed by atoms with E-state index < -0.39 is 5.97 Å². The van der Waals surface area contributed by atoms with E-state index in [1.54, 1.807) is 12.1 Å². The number of hydrogen-bond acceptors (Lipinski definition) is 4. The molecule has 0 fully saturated rings. The summed E-state index contributed by atoms with van der Waals surface area (Å²) >= 11 is 0. The lowest BCUT2D eigenvalue weighted by Gasteiger charge is -2.37. The molecule has 2 aliphatic rings. The second-order valence-electron chi connectivity index (χ2n) is 10.1. The van der Waals surface area contributed by atoms with Crippen LogP contribution in [0.5, 0.6) is 5.75 Å². The third-order valence-electron chi connectivity index (χ3n) is 7.11. The van der Waals surface area contributed by atoms with Crippen LogP contribution in [-0.2, 0) is 6.42 Å². The van der Waals surface area contributed by atoms with Crippen LogP contribution in [0.3, 0.4) is 0 Å². The van der Waals surface area contributed by atoms with E-state index in [4.69, 9.17) is 4.74 Å². The Morgan fingerprint density at radius 1 is 1.08 bits per heavy atom. The van der Waals surface area contributed by atoms with Crippen LogP contribution in [0.15, 0.2) is 58.8 Å². The van der Waals surface area contributed by atoms with Gasteiger partial charge in [-0.2, -0.15) is 0 Å². The quantitative estimate of drug-likeness (QED) is 0.432. The SMILES string of the molecule is CCCc1cc2c(cc1C)C(c1ccc(C(=O)C(C)C)cc1C(=O)O)C1C=C(C)/C(=N\CC)C=C1O2.